The van der Waals surface area contributed by atoms with Gasteiger partial charge in [0.1, 0.15) is 4.83 Å². The van der Waals surface area contributed by atoms with Crippen molar-refractivity contribution in [3.8, 4) is 11.4 Å². The molecule has 2 aromatic heterocycles. The highest BCUT2D eigenvalue weighted by Crippen LogP contribution is 2.35. The van der Waals surface area contributed by atoms with E-state index >= 15 is 0 Å². The van der Waals surface area contributed by atoms with Crippen LogP contribution in [0.3, 0.4) is 0 Å². The first-order valence-electron chi connectivity index (χ1n) is 7.95. The van der Waals surface area contributed by atoms with E-state index in [1.165, 1.54) is 26.2 Å². The van der Waals surface area contributed by atoms with Crippen molar-refractivity contribution in [2.24, 2.45) is 0 Å². The first-order chi connectivity index (χ1) is 11.8. The first-order valence-corrected chi connectivity index (χ1v) is 8.76. The van der Waals surface area contributed by atoms with Gasteiger partial charge in [-0.25, -0.2) is 9.97 Å². The molecular formula is C21H14N2S. The van der Waals surface area contributed by atoms with Crippen LogP contribution in [-0.2, 0) is 0 Å². The number of fused-ring (bicyclic) bond motifs is 4. The second-order valence-electron chi connectivity index (χ2n) is 5.97. The average Bonchev–Trinajstić information content (AvgIpc) is 3.00. The number of nitrogens with zero attached hydrogens (tertiary/aromatic N) is 2. The molecule has 0 saturated carbocycles. The van der Waals surface area contributed by atoms with Gasteiger partial charge < -0.3 is 0 Å². The quantitative estimate of drug-likeness (QED) is 0.379. The van der Waals surface area contributed by atoms with Crippen molar-refractivity contribution >= 4 is 42.4 Å². The molecule has 0 spiro atoms. The SMILES string of the molecule is Cc1nc(-c2ccc3ccccc3c2)nc2sc3ccccc3c12. The monoisotopic (exact) mass is 326 g/mol. The summed E-state index contributed by atoms with van der Waals surface area (Å²) in [6.45, 7) is 2.08. The van der Waals surface area contributed by atoms with Crippen molar-refractivity contribution in [3.63, 3.8) is 0 Å². The number of hydrogen-bond donors (Lipinski definition) is 0. The van der Waals surface area contributed by atoms with Crippen molar-refractivity contribution in [1.29, 1.82) is 0 Å². The van der Waals surface area contributed by atoms with Gasteiger partial charge in [0.2, 0.25) is 0 Å². The Bertz CT molecular complexity index is 1220. The Kier molecular flexibility index (Phi) is 2.91. The fourth-order valence-corrected chi connectivity index (χ4v) is 4.38. The third-order valence-corrected chi connectivity index (χ3v) is 5.49. The zero-order valence-electron chi connectivity index (χ0n) is 13.2. The maximum absolute atomic E-state index is 4.86. The van der Waals surface area contributed by atoms with Crippen LogP contribution in [0.25, 0.3) is 42.5 Å². The molecule has 0 fully saturated rings. The van der Waals surface area contributed by atoms with E-state index in [4.69, 9.17) is 9.97 Å². The predicted molar refractivity (Wildman–Crippen MR) is 103 cm³/mol. The molecule has 114 valence electrons. The molecule has 5 rings (SSSR count). The molecule has 0 radical (unpaired) electrons. The van der Waals surface area contributed by atoms with Gasteiger partial charge in [0.25, 0.3) is 0 Å². The topological polar surface area (TPSA) is 25.8 Å². The van der Waals surface area contributed by atoms with Crippen LogP contribution in [0.4, 0.5) is 0 Å². The van der Waals surface area contributed by atoms with Crippen molar-refractivity contribution in [3.05, 3.63) is 72.4 Å². The summed E-state index contributed by atoms with van der Waals surface area (Å²) in [6, 6.07) is 23.2. The number of thiophene rings is 1. The number of hydrogen-bond acceptors (Lipinski definition) is 3. The highest BCUT2D eigenvalue weighted by molar-refractivity contribution is 7.25. The standard InChI is InChI=1S/C21H14N2S/c1-13-19-17-8-4-5-9-18(17)24-21(19)23-20(22-13)16-11-10-14-6-2-3-7-15(14)12-16/h2-12H,1H3. The summed E-state index contributed by atoms with van der Waals surface area (Å²) in [5.41, 5.74) is 2.11. The molecule has 0 bridgehead atoms. The Morgan fingerprint density at radius 1 is 0.792 bits per heavy atom. The van der Waals surface area contributed by atoms with Crippen LogP contribution >= 0.6 is 11.3 Å². The number of aryl methyl sites for hydroxylation is 1. The van der Waals surface area contributed by atoms with Crippen LogP contribution in [0.15, 0.2) is 66.7 Å². The van der Waals surface area contributed by atoms with E-state index in [0.717, 1.165) is 21.9 Å². The Balaban J connectivity index is 1.78. The minimum Gasteiger partial charge on any atom is -0.233 e. The van der Waals surface area contributed by atoms with Crippen LogP contribution in [-0.4, -0.2) is 9.97 Å². The molecule has 5 aromatic rings. The second-order valence-corrected chi connectivity index (χ2v) is 7.00. The summed E-state index contributed by atoms with van der Waals surface area (Å²) in [6.07, 6.45) is 0. The zero-order chi connectivity index (χ0) is 16.1. The Morgan fingerprint density at radius 2 is 1.58 bits per heavy atom. The largest absolute Gasteiger partial charge is 0.233 e. The number of benzene rings is 3. The van der Waals surface area contributed by atoms with Crippen LogP contribution in [0.1, 0.15) is 5.69 Å². The molecule has 0 amide bonds. The van der Waals surface area contributed by atoms with Crippen LogP contribution in [0.5, 0.6) is 0 Å². The summed E-state index contributed by atoms with van der Waals surface area (Å²) < 4.78 is 1.26. The molecule has 0 atom stereocenters. The van der Waals surface area contributed by atoms with E-state index in [1.54, 1.807) is 11.3 Å². The Hall–Kier alpha value is -2.78. The molecule has 3 aromatic carbocycles. The first kappa shape index (κ1) is 13.6. The second kappa shape index (κ2) is 5.11. The van der Waals surface area contributed by atoms with Gasteiger partial charge in [0.05, 0.1) is 5.69 Å². The summed E-state index contributed by atoms with van der Waals surface area (Å²) >= 11 is 1.74. The van der Waals surface area contributed by atoms with Gasteiger partial charge in [-0.1, -0.05) is 54.6 Å². The molecular weight excluding hydrogens is 312 g/mol. The smallest absolute Gasteiger partial charge is 0.161 e. The van der Waals surface area contributed by atoms with E-state index in [1.807, 2.05) is 0 Å². The normalized spacial score (nSPS) is 11.5. The summed E-state index contributed by atoms with van der Waals surface area (Å²) in [5.74, 6) is 0.803. The lowest BCUT2D eigenvalue weighted by Gasteiger charge is -2.05. The lowest BCUT2D eigenvalue weighted by atomic mass is 10.1. The van der Waals surface area contributed by atoms with Gasteiger partial charge in [-0.3, -0.25) is 0 Å². The molecule has 24 heavy (non-hydrogen) atoms. The third-order valence-electron chi connectivity index (χ3n) is 4.43. The minimum atomic E-state index is 0.803. The van der Waals surface area contributed by atoms with Gasteiger partial charge in [-0.15, -0.1) is 11.3 Å². The van der Waals surface area contributed by atoms with Crippen molar-refractivity contribution in [2.45, 2.75) is 6.92 Å². The highest BCUT2D eigenvalue weighted by atomic mass is 32.1. The minimum absolute atomic E-state index is 0.803. The van der Waals surface area contributed by atoms with E-state index in [-0.39, 0.29) is 0 Å². The lowest BCUT2D eigenvalue weighted by molar-refractivity contribution is 1.17. The zero-order valence-corrected chi connectivity index (χ0v) is 14.0. The molecule has 0 saturated heterocycles. The molecule has 0 aliphatic heterocycles. The maximum atomic E-state index is 4.86. The Labute approximate surface area is 143 Å². The van der Waals surface area contributed by atoms with Crippen LogP contribution in [0, 0.1) is 6.92 Å². The maximum Gasteiger partial charge on any atom is 0.161 e. The van der Waals surface area contributed by atoms with Crippen LogP contribution in [0.2, 0.25) is 0 Å². The molecule has 2 heterocycles. The Morgan fingerprint density at radius 3 is 2.50 bits per heavy atom. The summed E-state index contributed by atoms with van der Waals surface area (Å²) in [5, 5.41) is 4.88. The van der Waals surface area contributed by atoms with E-state index < -0.39 is 0 Å². The number of aromatic nitrogens is 2. The van der Waals surface area contributed by atoms with Crippen molar-refractivity contribution in [1.82, 2.24) is 9.97 Å². The van der Waals surface area contributed by atoms with Gasteiger partial charge in [0, 0.05) is 21.0 Å². The van der Waals surface area contributed by atoms with Crippen LogP contribution < -0.4 is 0 Å². The van der Waals surface area contributed by atoms with Gasteiger partial charge in [0.15, 0.2) is 5.82 Å². The average molecular weight is 326 g/mol. The number of rotatable bonds is 1. The van der Waals surface area contributed by atoms with E-state index in [0.29, 0.717) is 0 Å². The molecule has 0 N–H and O–H groups in total. The molecule has 2 nitrogen and oxygen atoms in total. The fourth-order valence-electron chi connectivity index (χ4n) is 3.25. The fraction of sp³-hybridized carbons (Fsp3) is 0.0476. The van der Waals surface area contributed by atoms with Crippen molar-refractivity contribution in [2.75, 3.05) is 0 Å². The van der Waals surface area contributed by atoms with E-state index in [9.17, 15) is 0 Å². The van der Waals surface area contributed by atoms with Crippen molar-refractivity contribution < 1.29 is 0 Å². The third kappa shape index (κ3) is 2.02. The van der Waals surface area contributed by atoms with Gasteiger partial charge >= 0.3 is 0 Å². The lowest BCUT2D eigenvalue weighted by Crippen LogP contribution is -1.92. The molecule has 0 unspecified atom stereocenters. The summed E-state index contributed by atoms with van der Waals surface area (Å²) in [7, 11) is 0. The molecule has 0 aliphatic rings. The molecule has 0 aliphatic carbocycles. The summed E-state index contributed by atoms with van der Waals surface area (Å²) in [4.78, 5) is 10.7. The van der Waals surface area contributed by atoms with Gasteiger partial charge in [-0.2, -0.15) is 0 Å². The van der Waals surface area contributed by atoms with Gasteiger partial charge in [-0.05, 0) is 29.8 Å². The van der Waals surface area contributed by atoms with E-state index in [2.05, 4.69) is 73.7 Å². The predicted octanol–water partition coefficient (Wildman–Crippen LogP) is 5.97. The highest BCUT2D eigenvalue weighted by Gasteiger charge is 2.12. The molecule has 3 heteroatoms.